The first-order chi connectivity index (χ1) is 13.0. The zero-order chi connectivity index (χ0) is 19.4. The Labute approximate surface area is 158 Å². The first-order valence-electron chi connectivity index (χ1n) is 8.94. The average molecular weight is 363 g/mol. The maximum absolute atomic E-state index is 13.0. The van der Waals surface area contributed by atoms with Gasteiger partial charge in [-0.2, -0.15) is 5.26 Å². The third kappa shape index (κ3) is 3.36. The van der Waals surface area contributed by atoms with Crippen molar-refractivity contribution < 1.29 is 19.4 Å². The molecule has 0 heterocycles. The summed E-state index contributed by atoms with van der Waals surface area (Å²) >= 11 is 0. The lowest BCUT2D eigenvalue weighted by molar-refractivity contribution is -0.161. The predicted molar refractivity (Wildman–Crippen MR) is 98.4 cm³/mol. The number of nitriles is 1. The van der Waals surface area contributed by atoms with Crippen molar-refractivity contribution in [1.29, 1.82) is 5.26 Å². The molecule has 1 N–H and O–H groups in total. The van der Waals surface area contributed by atoms with Crippen molar-refractivity contribution in [3.8, 4) is 6.07 Å². The molecule has 1 aliphatic rings. The molecule has 1 saturated carbocycles. The molecule has 0 amide bonds. The highest BCUT2D eigenvalue weighted by molar-refractivity contribution is 6.01. The van der Waals surface area contributed by atoms with Gasteiger partial charge in [0.2, 0.25) is 0 Å². The number of rotatable bonds is 4. The summed E-state index contributed by atoms with van der Waals surface area (Å²) in [4.78, 5) is 25.5. The molecule has 1 fully saturated rings. The smallest absolute Gasteiger partial charge is 0.317 e. The average Bonchev–Trinajstić information content (AvgIpc) is 2.69. The Balaban J connectivity index is 2.15. The molecular formula is C22H21NO4. The fourth-order valence-corrected chi connectivity index (χ4v) is 3.94. The Hall–Kier alpha value is -2.97. The largest absolute Gasteiger partial charge is 0.465 e. The van der Waals surface area contributed by atoms with E-state index in [0.29, 0.717) is 11.1 Å². The number of esters is 1. The number of carbonyl (C=O) groups excluding carboxylic acids is 2. The molecule has 3 rings (SSSR count). The van der Waals surface area contributed by atoms with Crippen LogP contribution in [0.1, 0.15) is 30.4 Å². The Morgan fingerprint density at radius 2 is 1.78 bits per heavy atom. The molecule has 0 radical (unpaired) electrons. The van der Waals surface area contributed by atoms with Crippen LogP contribution in [0.5, 0.6) is 0 Å². The van der Waals surface area contributed by atoms with E-state index in [0.717, 1.165) is 0 Å². The van der Waals surface area contributed by atoms with Crippen LogP contribution in [0.2, 0.25) is 0 Å². The molecule has 0 unspecified atom stereocenters. The fourth-order valence-electron chi connectivity index (χ4n) is 3.94. The molecule has 2 aromatic rings. The van der Waals surface area contributed by atoms with E-state index >= 15 is 0 Å². The number of ketones is 1. The minimum absolute atomic E-state index is 0.143. The maximum Gasteiger partial charge on any atom is 0.317 e. The van der Waals surface area contributed by atoms with E-state index < -0.39 is 35.1 Å². The van der Waals surface area contributed by atoms with Gasteiger partial charge < -0.3 is 9.84 Å². The molecule has 0 aliphatic heterocycles. The summed E-state index contributed by atoms with van der Waals surface area (Å²) in [5.74, 6) is -3.94. The van der Waals surface area contributed by atoms with Gasteiger partial charge in [-0.25, -0.2) is 0 Å². The van der Waals surface area contributed by atoms with Gasteiger partial charge in [0, 0.05) is 12.3 Å². The zero-order valence-corrected chi connectivity index (χ0v) is 15.0. The molecular weight excluding hydrogens is 342 g/mol. The van der Waals surface area contributed by atoms with Crippen molar-refractivity contribution in [2.75, 3.05) is 6.61 Å². The number of benzene rings is 2. The topological polar surface area (TPSA) is 87.4 Å². The van der Waals surface area contributed by atoms with E-state index in [2.05, 4.69) is 6.07 Å². The van der Waals surface area contributed by atoms with Crippen molar-refractivity contribution in [3.05, 3.63) is 71.8 Å². The number of nitrogens with zero attached hydrogens (tertiary/aromatic N) is 1. The summed E-state index contributed by atoms with van der Waals surface area (Å²) in [6.07, 6.45) is -0.304. The van der Waals surface area contributed by atoms with Crippen molar-refractivity contribution in [2.45, 2.75) is 24.9 Å². The van der Waals surface area contributed by atoms with Crippen LogP contribution in [0.3, 0.4) is 0 Å². The van der Waals surface area contributed by atoms with Gasteiger partial charge >= 0.3 is 5.97 Å². The van der Waals surface area contributed by atoms with Crippen LogP contribution in [-0.4, -0.2) is 23.5 Å². The quantitative estimate of drug-likeness (QED) is 0.666. The molecule has 0 saturated heterocycles. The highest BCUT2D eigenvalue weighted by atomic mass is 16.5. The number of aliphatic hydroxyl groups is 1. The normalized spacial score (nSPS) is 27.6. The Morgan fingerprint density at radius 3 is 2.33 bits per heavy atom. The van der Waals surface area contributed by atoms with E-state index in [9.17, 15) is 20.0 Å². The lowest BCUT2D eigenvalue weighted by Gasteiger charge is -2.44. The second kappa shape index (κ2) is 7.73. The van der Waals surface area contributed by atoms with Gasteiger partial charge in [-0.15, -0.1) is 0 Å². The lowest BCUT2D eigenvalue weighted by atomic mass is 9.60. The minimum Gasteiger partial charge on any atom is -0.465 e. The monoisotopic (exact) mass is 363 g/mol. The molecule has 2 aromatic carbocycles. The third-order valence-corrected chi connectivity index (χ3v) is 5.16. The van der Waals surface area contributed by atoms with Gasteiger partial charge in [-0.3, -0.25) is 9.59 Å². The van der Waals surface area contributed by atoms with Gasteiger partial charge in [0.1, 0.15) is 11.5 Å². The molecule has 5 nitrogen and oxygen atoms in total. The minimum atomic E-state index is -1.67. The van der Waals surface area contributed by atoms with E-state index in [1.54, 1.807) is 61.5 Å². The molecule has 5 heteroatoms. The van der Waals surface area contributed by atoms with Crippen molar-refractivity contribution in [3.63, 3.8) is 0 Å². The standard InChI is InChI=1S/C22H21NO4/c1-2-27-21(25)20-18(24)13-22(26,16-11-7-4-8-12-16)17(14-23)19(20)15-9-5-3-6-10-15/h3-12,17,19-20,26H,2,13H2,1H3/t17-,19+,20+,22+/m0/s1. The van der Waals surface area contributed by atoms with E-state index in [1.807, 2.05) is 6.07 Å². The summed E-state index contributed by atoms with van der Waals surface area (Å²) in [7, 11) is 0. The molecule has 27 heavy (non-hydrogen) atoms. The molecule has 138 valence electrons. The second-order valence-electron chi connectivity index (χ2n) is 6.71. The zero-order valence-electron chi connectivity index (χ0n) is 15.0. The van der Waals surface area contributed by atoms with Crippen LogP contribution >= 0.6 is 0 Å². The second-order valence-corrected chi connectivity index (χ2v) is 6.71. The van der Waals surface area contributed by atoms with E-state index in [-0.39, 0.29) is 13.0 Å². The number of ether oxygens (including phenoxy) is 1. The summed E-state index contributed by atoms with van der Waals surface area (Å²) < 4.78 is 5.12. The first-order valence-corrected chi connectivity index (χ1v) is 8.94. The summed E-state index contributed by atoms with van der Waals surface area (Å²) in [6, 6.07) is 19.8. The van der Waals surface area contributed by atoms with Gasteiger partial charge in [-0.05, 0) is 18.1 Å². The van der Waals surface area contributed by atoms with E-state index in [4.69, 9.17) is 4.74 Å². The van der Waals surface area contributed by atoms with Crippen molar-refractivity contribution in [2.24, 2.45) is 11.8 Å². The summed E-state index contributed by atoms with van der Waals surface area (Å²) in [5, 5.41) is 21.4. The van der Waals surface area contributed by atoms with Crippen LogP contribution in [0, 0.1) is 23.2 Å². The lowest BCUT2D eigenvalue weighted by Crippen LogP contribution is -2.51. The van der Waals surface area contributed by atoms with Crippen molar-refractivity contribution in [1.82, 2.24) is 0 Å². The Kier molecular flexibility index (Phi) is 5.38. The van der Waals surface area contributed by atoms with E-state index in [1.165, 1.54) is 0 Å². The highest BCUT2D eigenvalue weighted by Gasteiger charge is 2.56. The van der Waals surface area contributed by atoms with Crippen LogP contribution in [0.15, 0.2) is 60.7 Å². The van der Waals surface area contributed by atoms with Gasteiger partial charge in [0.05, 0.1) is 18.6 Å². The fraction of sp³-hybridized carbons (Fsp3) is 0.318. The molecule has 1 aliphatic carbocycles. The van der Waals surface area contributed by atoms with Crippen LogP contribution < -0.4 is 0 Å². The number of hydrogen-bond donors (Lipinski definition) is 1. The van der Waals surface area contributed by atoms with Crippen LogP contribution in [0.4, 0.5) is 0 Å². The third-order valence-electron chi connectivity index (χ3n) is 5.16. The first kappa shape index (κ1) is 18.8. The number of Topliss-reactive ketones (excluding diaryl/α,β-unsaturated/α-hetero) is 1. The van der Waals surface area contributed by atoms with Crippen molar-refractivity contribution >= 4 is 11.8 Å². The molecule has 0 bridgehead atoms. The molecule has 0 aromatic heterocycles. The number of carbonyl (C=O) groups is 2. The summed E-state index contributed by atoms with van der Waals surface area (Å²) in [5.41, 5.74) is -0.519. The van der Waals surface area contributed by atoms with Gasteiger partial charge in [0.25, 0.3) is 0 Å². The summed E-state index contributed by atoms with van der Waals surface area (Å²) in [6.45, 7) is 1.81. The van der Waals surface area contributed by atoms with Crippen LogP contribution in [-0.2, 0) is 19.9 Å². The predicted octanol–water partition coefficient (Wildman–Crippen LogP) is 2.95. The molecule has 4 atom stereocenters. The van der Waals surface area contributed by atoms with Crippen LogP contribution in [0.25, 0.3) is 0 Å². The number of hydrogen-bond acceptors (Lipinski definition) is 5. The SMILES string of the molecule is CCOC(=O)[C@@H]1C(=O)C[C@@](O)(c2ccccc2)[C@@H](C#N)[C@H]1c1ccccc1. The highest BCUT2D eigenvalue weighted by Crippen LogP contribution is 2.50. The Bertz CT molecular complexity index is 859. The Morgan fingerprint density at radius 1 is 1.19 bits per heavy atom. The maximum atomic E-state index is 13.0. The molecule has 0 spiro atoms. The van der Waals surface area contributed by atoms with Gasteiger partial charge in [-0.1, -0.05) is 60.7 Å². The van der Waals surface area contributed by atoms with Gasteiger partial charge in [0.15, 0.2) is 5.78 Å².